The lowest BCUT2D eigenvalue weighted by Gasteiger charge is -2.34. The van der Waals surface area contributed by atoms with Crippen LogP contribution in [-0.4, -0.2) is 57.1 Å². The number of benzene rings is 2. The molecule has 1 saturated carbocycles. The third kappa shape index (κ3) is 8.01. The number of nitrogens with zero attached hydrogens (tertiary/aromatic N) is 2. The topological polar surface area (TPSA) is 96.0 Å². The SMILES string of the molecule is CCC(C(=O)NC1CCCCC1)N(Cc1ccc(Cl)cc1Cl)C(=O)CN(c1cccc(OC)c1)S(C)(=O)=O. The van der Waals surface area contributed by atoms with E-state index >= 15 is 0 Å². The van der Waals surface area contributed by atoms with E-state index in [2.05, 4.69) is 5.32 Å². The van der Waals surface area contributed by atoms with Crippen LogP contribution in [0.1, 0.15) is 51.0 Å². The largest absolute Gasteiger partial charge is 0.497 e. The molecule has 0 aromatic heterocycles. The summed E-state index contributed by atoms with van der Waals surface area (Å²) in [4.78, 5) is 28.7. The van der Waals surface area contributed by atoms with Gasteiger partial charge in [-0.1, -0.05) is 61.5 Å². The average molecular weight is 585 g/mol. The van der Waals surface area contributed by atoms with Crippen molar-refractivity contribution in [2.75, 3.05) is 24.2 Å². The summed E-state index contributed by atoms with van der Waals surface area (Å²) < 4.78 is 31.8. The van der Waals surface area contributed by atoms with Gasteiger partial charge in [0.05, 0.1) is 19.1 Å². The van der Waals surface area contributed by atoms with E-state index in [9.17, 15) is 18.0 Å². The van der Waals surface area contributed by atoms with Gasteiger partial charge in [0.15, 0.2) is 0 Å². The van der Waals surface area contributed by atoms with Crippen molar-refractivity contribution >= 4 is 50.7 Å². The zero-order valence-corrected chi connectivity index (χ0v) is 24.3. The highest BCUT2D eigenvalue weighted by Gasteiger charge is 2.33. The second-order valence-electron chi connectivity index (χ2n) is 9.50. The number of halogens is 2. The second-order valence-corrected chi connectivity index (χ2v) is 12.2. The van der Waals surface area contributed by atoms with Crippen LogP contribution in [0, 0.1) is 0 Å². The van der Waals surface area contributed by atoms with E-state index in [-0.39, 0.29) is 24.2 Å². The van der Waals surface area contributed by atoms with Crippen LogP contribution in [0.3, 0.4) is 0 Å². The molecule has 0 spiro atoms. The number of nitrogens with one attached hydrogen (secondary N) is 1. The molecule has 0 saturated heterocycles. The molecule has 1 unspecified atom stereocenters. The normalized spacial score (nSPS) is 15.0. The minimum absolute atomic E-state index is 0.0150. The summed E-state index contributed by atoms with van der Waals surface area (Å²) in [5.74, 6) is -0.341. The van der Waals surface area contributed by atoms with Crippen LogP contribution >= 0.6 is 23.2 Å². The lowest BCUT2D eigenvalue weighted by atomic mass is 9.95. The third-order valence-corrected chi connectivity index (χ3v) is 8.44. The number of sulfonamides is 1. The average Bonchev–Trinajstić information content (AvgIpc) is 2.88. The van der Waals surface area contributed by atoms with Crippen molar-refractivity contribution in [1.29, 1.82) is 0 Å². The van der Waals surface area contributed by atoms with Gasteiger partial charge < -0.3 is 15.0 Å². The van der Waals surface area contributed by atoms with Gasteiger partial charge in [-0.25, -0.2) is 8.42 Å². The van der Waals surface area contributed by atoms with Crippen LogP contribution in [-0.2, 0) is 26.2 Å². The molecule has 8 nitrogen and oxygen atoms in total. The van der Waals surface area contributed by atoms with Crippen molar-refractivity contribution < 1.29 is 22.7 Å². The lowest BCUT2D eigenvalue weighted by molar-refractivity contribution is -0.140. The maximum atomic E-state index is 13.8. The van der Waals surface area contributed by atoms with Gasteiger partial charge in [0, 0.05) is 28.7 Å². The first-order valence-corrected chi connectivity index (χ1v) is 15.3. The number of rotatable bonds is 11. The Labute approximate surface area is 235 Å². The van der Waals surface area contributed by atoms with Crippen LogP contribution in [0.4, 0.5) is 5.69 Å². The Kier molecular flexibility index (Phi) is 10.7. The van der Waals surface area contributed by atoms with Gasteiger partial charge in [-0.2, -0.15) is 0 Å². The standard InChI is InChI=1S/C27H35Cl2N3O5S/c1-4-25(27(34)30-21-9-6-5-7-10-21)31(17-19-13-14-20(28)15-24(19)29)26(33)18-32(38(3,35)36)22-11-8-12-23(16-22)37-2/h8,11-16,21,25H,4-7,9-10,17-18H2,1-3H3,(H,30,34). The first-order valence-electron chi connectivity index (χ1n) is 12.7. The summed E-state index contributed by atoms with van der Waals surface area (Å²) in [5.41, 5.74) is 0.880. The highest BCUT2D eigenvalue weighted by molar-refractivity contribution is 7.92. The molecule has 1 aliphatic rings. The summed E-state index contributed by atoms with van der Waals surface area (Å²) in [6.07, 6.45) is 6.42. The highest BCUT2D eigenvalue weighted by Crippen LogP contribution is 2.26. The molecule has 3 rings (SSSR count). The van der Waals surface area contributed by atoms with Crippen molar-refractivity contribution in [3.8, 4) is 5.75 Å². The predicted octanol–water partition coefficient (Wildman–Crippen LogP) is 5.02. The molecule has 2 aromatic carbocycles. The molecule has 1 fully saturated rings. The quantitative estimate of drug-likeness (QED) is 0.400. The number of carbonyl (C=O) groups is 2. The van der Waals surface area contributed by atoms with Gasteiger partial charge in [0.2, 0.25) is 21.8 Å². The fourth-order valence-electron chi connectivity index (χ4n) is 4.68. The molecule has 0 bridgehead atoms. The first-order chi connectivity index (χ1) is 18.0. The lowest BCUT2D eigenvalue weighted by Crippen LogP contribution is -2.54. The summed E-state index contributed by atoms with van der Waals surface area (Å²) in [6, 6.07) is 10.6. The molecule has 11 heteroatoms. The van der Waals surface area contributed by atoms with E-state index in [1.54, 1.807) is 42.5 Å². The molecule has 1 atom stereocenters. The van der Waals surface area contributed by atoms with Gasteiger partial charge in [0.25, 0.3) is 0 Å². The molecular formula is C27H35Cl2N3O5S. The fraction of sp³-hybridized carbons (Fsp3) is 0.481. The van der Waals surface area contributed by atoms with E-state index in [1.807, 2.05) is 6.92 Å². The Morgan fingerprint density at radius 1 is 1.11 bits per heavy atom. The number of anilines is 1. The molecule has 0 heterocycles. The number of carbonyl (C=O) groups excluding carboxylic acids is 2. The number of methoxy groups -OCH3 is 1. The fourth-order valence-corrected chi connectivity index (χ4v) is 5.99. The number of ether oxygens (including phenoxy) is 1. The minimum atomic E-state index is -3.85. The molecule has 2 aromatic rings. The molecule has 208 valence electrons. The molecule has 38 heavy (non-hydrogen) atoms. The Balaban J connectivity index is 1.95. The van der Waals surface area contributed by atoms with Crippen LogP contribution in [0.15, 0.2) is 42.5 Å². The van der Waals surface area contributed by atoms with Crippen LogP contribution in [0.5, 0.6) is 5.75 Å². The van der Waals surface area contributed by atoms with Crippen molar-refractivity contribution in [3.05, 3.63) is 58.1 Å². The van der Waals surface area contributed by atoms with Crippen LogP contribution in [0.25, 0.3) is 0 Å². The summed E-state index contributed by atoms with van der Waals surface area (Å²) in [7, 11) is -2.37. The van der Waals surface area contributed by atoms with Crippen molar-refractivity contribution in [2.45, 2.75) is 64.1 Å². The third-order valence-electron chi connectivity index (χ3n) is 6.71. The highest BCUT2D eigenvalue weighted by atomic mass is 35.5. The molecule has 1 N–H and O–H groups in total. The zero-order chi connectivity index (χ0) is 27.9. The van der Waals surface area contributed by atoms with Crippen molar-refractivity contribution in [2.24, 2.45) is 0 Å². The Morgan fingerprint density at radius 2 is 1.82 bits per heavy atom. The van der Waals surface area contributed by atoms with Crippen molar-refractivity contribution in [3.63, 3.8) is 0 Å². The zero-order valence-electron chi connectivity index (χ0n) is 22.0. The van der Waals surface area contributed by atoms with E-state index in [4.69, 9.17) is 27.9 Å². The van der Waals surface area contributed by atoms with Crippen LogP contribution in [0.2, 0.25) is 10.0 Å². The van der Waals surface area contributed by atoms with Gasteiger partial charge in [-0.15, -0.1) is 0 Å². The van der Waals surface area contributed by atoms with E-state index in [0.29, 0.717) is 27.8 Å². The van der Waals surface area contributed by atoms with E-state index < -0.39 is 28.5 Å². The van der Waals surface area contributed by atoms with E-state index in [0.717, 1.165) is 42.7 Å². The molecule has 0 radical (unpaired) electrons. The maximum Gasteiger partial charge on any atom is 0.244 e. The molecule has 2 amide bonds. The first kappa shape index (κ1) is 30.1. The molecule has 0 aliphatic heterocycles. The number of hydrogen-bond acceptors (Lipinski definition) is 5. The predicted molar refractivity (Wildman–Crippen MR) is 151 cm³/mol. The smallest absolute Gasteiger partial charge is 0.244 e. The van der Waals surface area contributed by atoms with Gasteiger partial charge >= 0.3 is 0 Å². The Morgan fingerprint density at radius 3 is 2.42 bits per heavy atom. The molecular weight excluding hydrogens is 549 g/mol. The number of amides is 2. The Bertz CT molecular complexity index is 1230. The molecule has 1 aliphatic carbocycles. The van der Waals surface area contributed by atoms with Crippen LogP contribution < -0.4 is 14.4 Å². The van der Waals surface area contributed by atoms with E-state index in [1.165, 1.54) is 12.0 Å². The maximum absolute atomic E-state index is 13.8. The summed E-state index contributed by atoms with van der Waals surface area (Å²) in [6.45, 7) is 1.34. The monoisotopic (exact) mass is 583 g/mol. The van der Waals surface area contributed by atoms with Gasteiger partial charge in [-0.05, 0) is 49.1 Å². The second kappa shape index (κ2) is 13.5. The van der Waals surface area contributed by atoms with Crippen molar-refractivity contribution in [1.82, 2.24) is 10.2 Å². The Hall–Kier alpha value is -2.49. The minimum Gasteiger partial charge on any atom is -0.497 e. The number of hydrogen-bond donors (Lipinski definition) is 1. The van der Waals surface area contributed by atoms with Gasteiger partial charge in [0.1, 0.15) is 18.3 Å². The van der Waals surface area contributed by atoms with Gasteiger partial charge in [-0.3, -0.25) is 13.9 Å². The summed E-state index contributed by atoms with van der Waals surface area (Å²) >= 11 is 12.5. The summed E-state index contributed by atoms with van der Waals surface area (Å²) in [5, 5.41) is 3.91.